The lowest BCUT2D eigenvalue weighted by atomic mass is 10.1. The van der Waals surface area contributed by atoms with E-state index < -0.39 is 0 Å². The Balaban J connectivity index is 2.12. The second-order valence-electron chi connectivity index (χ2n) is 4.46. The van der Waals surface area contributed by atoms with Gasteiger partial charge in [0.25, 0.3) is 5.91 Å². The number of rotatable bonds is 2. The van der Waals surface area contributed by atoms with Crippen LogP contribution in [0.2, 0.25) is 0 Å². The highest BCUT2D eigenvalue weighted by molar-refractivity contribution is 5.94. The molecule has 3 heteroatoms. The van der Waals surface area contributed by atoms with Crippen molar-refractivity contribution >= 4 is 5.91 Å². The van der Waals surface area contributed by atoms with Gasteiger partial charge in [-0.1, -0.05) is 11.6 Å². The lowest BCUT2D eigenvalue weighted by Gasteiger charge is -2.05. The predicted octanol–water partition coefficient (Wildman–Crippen LogP) is 2.66. The Hall–Kier alpha value is -1.90. The first-order valence-corrected chi connectivity index (χ1v) is 5.68. The average molecular weight is 228 g/mol. The van der Waals surface area contributed by atoms with Crippen molar-refractivity contribution in [3.8, 4) is 0 Å². The van der Waals surface area contributed by atoms with Gasteiger partial charge in [0.05, 0.1) is 0 Å². The van der Waals surface area contributed by atoms with E-state index in [2.05, 4.69) is 10.3 Å². The number of carbonyl (C=O) groups is 1. The van der Waals surface area contributed by atoms with Crippen LogP contribution in [0.15, 0.2) is 35.7 Å². The minimum absolute atomic E-state index is 0.148. The summed E-state index contributed by atoms with van der Waals surface area (Å²) >= 11 is 0. The van der Waals surface area contributed by atoms with Gasteiger partial charge >= 0.3 is 0 Å². The van der Waals surface area contributed by atoms with E-state index in [0.29, 0.717) is 5.69 Å². The Labute approximate surface area is 101 Å². The second-order valence-corrected chi connectivity index (χ2v) is 4.46. The SMILES string of the molecule is CC1=CC(NC(=O)c2cc(C)c(C)cn2)=CC1. The zero-order valence-corrected chi connectivity index (χ0v) is 10.4. The molecule has 0 spiro atoms. The Kier molecular flexibility index (Phi) is 3.09. The molecule has 0 bridgehead atoms. The van der Waals surface area contributed by atoms with Crippen molar-refractivity contribution in [1.29, 1.82) is 0 Å². The molecule has 0 unspecified atom stereocenters. The molecule has 0 fully saturated rings. The van der Waals surface area contributed by atoms with E-state index in [0.717, 1.165) is 23.2 Å². The van der Waals surface area contributed by atoms with E-state index in [9.17, 15) is 4.79 Å². The molecule has 1 aromatic heterocycles. The van der Waals surface area contributed by atoms with Crippen molar-refractivity contribution in [3.63, 3.8) is 0 Å². The number of carbonyl (C=O) groups excluding carboxylic acids is 1. The van der Waals surface area contributed by atoms with Crippen LogP contribution in [0.5, 0.6) is 0 Å². The lowest BCUT2D eigenvalue weighted by Crippen LogP contribution is -2.22. The van der Waals surface area contributed by atoms with Gasteiger partial charge in [0.15, 0.2) is 0 Å². The van der Waals surface area contributed by atoms with Gasteiger partial charge < -0.3 is 5.32 Å². The van der Waals surface area contributed by atoms with Crippen LogP contribution in [0.3, 0.4) is 0 Å². The minimum atomic E-state index is -0.148. The fourth-order valence-corrected chi connectivity index (χ4v) is 1.69. The molecular formula is C14H16N2O. The largest absolute Gasteiger partial charge is 0.321 e. The van der Waals surface area contributed by atoms with Crippen molar-refractivity contribution in [2.45, 2.75) is 27.2 Å². The van der Waals surface area contributed by atoms with E-state index >= 15 is 0 Å². The third-order valence-electron chi connectivity index (χ3n) is 2.91. The Morgan fingerprint density at radius 2 is 2.06 bits per heavy atom. The smallest absolute Gasteiger partial charge is 0.274 e. The summed E-state index contributed by atoms with van der Waals surface area (Å²) < 4.78 is 0. The molecule has 1 aliphatic carbocycles. The quantitative estimate of drug-likeness (QED) is 0.845. The number of nitrogens with one attached hydrogen (secondary N) is 1. The maximum atomic E-state index is 11.9. The molecule has 0 aromatic carbocycles. The summed E-state index contributed by atoms with van der Waals surface area (Å²) in [5, 5.41) is 2.86. The molecule has 1 aliphatic rings. The molecule has 0 saturated carbocycles. The van der Waals surface area contributed by atoms with Gasteiger partial charge in [-0.3, -0.25) is 9.78 Å². The Morgan fingerprint density at radius 3 is 2.65 bits per heavy atom. The normalized spacial score (nSPS) is 14.3. The molecule has 0 aliphatic heterocycles. The predicted molar refractivity (Wildman–Crippen MR) is 67.6 cm³/mol. The Morgan fingerprint density at radius 1 is 1.29 bits per heavy atom. The van der Waals surface area contributed by atoms with Crippen molar-refractivity contribution in [1.82, 2.24) is 10.3 Å². The summed E-state index contributed by atoms with van der Waals surface area (Å²) in [4.78, 5) is 16.1. The third kappa shape index (κ3) is 2.61. The molecule has 1 heterocycles. The number of aryl methyl sites for hydroxylation is 2. The van der Waals surface area contributed by atoms with E-state index in [1.807, 2.05) is 39.0 Å². The summed E-state index contributed by atoms with van der Waals surface area (Å²) in [5.74, 6) is -0.148. The first-order valence-electron chi connectivity index (χ1n) is 5.68. The van der Waals surface area contributed by atoms with Crippen LogP contribution in [0, 0.1) is 13.8 Å². The highest BCUT2D eigenvalue weighted by Gasteiger charge is 2.11. The van der Waals surface area contributed by atoms with Gasteiger partial charge in [-0.15, -0.1) is 0 Å². The molecule has 0 radical (unpaired) electrons. The number of aromatic nitrogens is 1. The van der Waals surface area contributed by atoms with Gasteiger partial charge in [0.1, 0.15) is 5.69 Å². The zero-order chi connectivity index (χ0) is 12.4. The minimum Gasteiger partial charge on any atom is -0.321 e. The zero-order valence-electron chi connectivity index (χ0n) is 10.4. The van der Waals surface area contributed by atoms with Crippen molar-refractivity contribution in [2.75, 3.05) is 0 Å². The van der Waals surface area contributed by atoms with Crippen molar-refractivity contribution < 1.29 is 4.79 Å². The van der Waals surface area contributed by atoms with Crippen LogP contribution in [0.1, 0.15) is 35.0 Å². The molecule has 1 N–H and O–H groups in total. The van der Waals surface area contributed by atoms with Crippen LogP contribution in [0.25, 0.3) is 0 Å². The van der Waals surface area contributed by atoms with Crippen LogP contribution >= 0.6 is 0 Å². The summed E-state index contributed by atoms with van der Waals surface area (Å²) in [7, 11) is 0. The molecule has 88 valence electrons. The maximum absolute atomic E-state index is 11.9. The van der Waals surface area contributed by atoms with E-state index in [1.165, 1.54) is 5.57 Å². The number of nitrogens with zero attached hydrogens (tertiary/aromatic N) is 1. The topological polar surface area (TPSA) is 42.0 Å². The highest BCUT2D eigenvalue weighted by Crippen LogP contribution is 2.15. The standard InChI is InChI=1S/C14H16N2O/c1-9-4-5-12(6-9)16-14(17)13-7-10(2)11(3)8-15-13/h5-8H,4H2,1-3H3,(H,16,17). The highest BCUT2D eigenvalue weighted by atomic mass is 16.1. The van der Waals surface area contributed by atoms with Crippen LogP contribution < -0.4 is 5.32 Å². The summed E-state index contributed by atoms with van der Waals surface area (Å²) in [6, 6.07) is 1.82. The molecular weight excluding hydrogens is 212 g/mol. The summed E-state index contributed by atoms with van der Waals surface area (Å²) in [6.45, 7) is 6.01. The molecule has 17 heavy (non-hydrogen) atoms. The molecule has 0 atom stereocenters. The molecule has 1 aromatic rings. The molecule has 1 amide bonds. The Bertz CT molecular complexity index is 527. The van der Waals surface area contributed by atoms with E-state index in [4.69, 9.17) is 0 Å². The molecule has 0 saturated heterocycles. The van der Waals surface area contributed by atoms with Crippen molar-refractivity contribution in [2.24, 2.45) is 0 Å². The van der Waals surface area contributed by atoms with Crippen molar-refractivity contribution in [3.05, 3.63) is 52.5 Å². The van der Waals surface area contributed by atoms with Gasteiger partial charge in [0, 0.05) is 11.9 Å². The third-order valence-corrected chi connectivity index (χ3v) is 2.91. The van der Waals surface area contributed by atoms with Crippen LogP contribution in [0.4, 0.5) is 0 Å². The van der Waals surface area contributed by atoms with Crippen LogP contribution in [-0.4, -0.2) is 10.9 Å². The fourth-order valence-electron chi connectivity index (χ4n) is 1.69. The molecule has 3 nitrogen and oxygen atoms in total. The van der Waals surface area contributed by atoms with E-state index in [-0.39, 0.29) is 5.91 Å². The first-order chi connectivity index (χ1) is 8.06. The molecule has 2 rings (SSSR count). The van der Waals surface area contributed by atoms with Crippen LogP contribution in [-0.2, 0) is 0 Å². The van der Waals surface area contributed by atoms with Gasteiger partial charge in [-0.2, -0.15) is 0 Å². The number of allylic oxidation sites excluding steroid dienone is 3. The van der Waals surface area contributed by atoms with Gasteiger partial charge in [-0.05, 0) is 50.5 Å². The first kappa shape index (κ1) is 11.6. The fraction of sp³-hybridized carbons (Fsp3) is 0.286. The van der Waals surface area contributed by atoms with Gasteiger partial charge in [-0.25, -0.2) is 0 Å². The number of hydrogen-bond acceptors (Lipinski definition) is 2. The lowest BCUT2D eigenvalue weighted by molar-refractivity contribution is 0.0962. The summed E-state index contributed by atoms with van der Waals surface area (Å²) in [5.41, 5.74) is 4.77. The van der Waals surface area contributed by atoms with Gasteiger partial charge in [0.2, 0.25) is 0 Å². The number of pyridine rings is 1. The number of hydrogen-bond donors (Lipinski definition) is 1. The average Bonchev–Trinajstić information content (AvgIpc) is 2.68. The summed E-state index contributed by atoms with van der Waals surface area (Å²) in [6.07, 6.45) is 6.64. The van der Waals surface area contributed by atoms with E-state index in [1.54, 1.807) is 6.20 Å². The monoisotopic (exact) mass is 228 g/mol. The number of amides is 1. The maximum Gasteiger partial charge on any atom is 0.274 e. The second kappa shape index (κ2) is 4.53.